The maximum absolute atomic E-state index is 13.7. The first-order valence-electron chi connectivity index (χ1n) is 8.44. The van der Waals surface area contributed by atoms with Crippen molar-refractivity contribution in [3.8, 4) is 0 Å². The van der Waals surface area contributed by atoms with Gasteiger partial charge in [0.15, 0.2) is 0 Å². The normalized spacial score (nSPS) is 11.8. The highest BCUT2D eigenvalue weighted by Gasteiger charge is 2.38. The van der Waals surface area contributed by atoms with Crippen molar-refractivity contribution in [3.05, 3.63) is 57.3 Å². The fraction of sp³-hybridized carbons (Fsp3) is 0.263. The van der Waals surface area contributed by atoms with Crippen LogP contribution < -0.4 is 11.1 Å². The minimum absolute atomic E-state index is 0.0188. The maximum Gasteiger partial charge on any atom is 0.417 e. The van der Waals surface area contributed by atoms with Gasteiger partial charge in [-0.05, 0) is 36.6 Å². The first-order chi connectivity index (χ1) is 13.1. The van der Waals surface area contributed by atoms with Gasteiger partial charge in [0, 0.05) is 17.6 Å². The molecule has 0 saturated carbocycles. The molecule has 148 valence electrons. The van der Waals surface area contributed by atoms with Gasteiger partial charge in [0.2, 0.25) is 0 Å². The van der Waals surface area contributed by atoms with Crippen molar-refractivity contribution in [1.29, 1.82) is 0 Å². The van der Waals surface area contributed by atoms with Crippen LogP contribution in [-0.2, 0) is 19.1 Å². The Bertz CT molecular complexity index is 1040. The van der Waals surface area contributed by atoms with Crippen LogP contribution in [0, 0.1) is 12.7 Å². The van der Waals surface area contributed by atoms with Gasteiger partial charge < -0.3 is 11.1 Å². The van der Waals surface area contributed by atoms with Crippen LogP contribution in [0.4, 0.5) is 23.2 Å². The molecule has 0 atom stereocenters. The number of fused-ring (bicyclic) bond motifs is 1. The molecule has 0 aliphatic carbocycles. The van der Waals surface area contributed by atoms with Gasteiger partial charge in [-0.2, -0.15) is 13.2 Å². The van der Waals surface area contributed by atoms with E-state index in [1.165, 1.54) is 31.2 Å². The summed E-state index contributed by atoms with van der Waals surface area (Å²) in [6.07, 6.45) is -4.29. The fourth-order valence-electron chi connectivity index (χ4n) is 3.02. The Morgan fingerprint density at radius 2 is 1.89 bits per heavy atom. The molecule has 28 heavy (non-hydrogen) atoms. The van der Waals surface area contributed by atoms with E-state index in [0.717, 1.165) is 11.3 Å². The van der Waals surface area contributed by atoms with Crippen LogP contribution in [0.15, 0.2) is 24.3 Å². The number of hydrogen-bond acceptors (Lipinski definition) is 4. The molecule has 2 heterocycles. The minimum atomic E-state index is -4.62. The predicted molar refractivity (Wildman–Crippen MR) is 101 cm³/mol. The zero-order valence-electron chi connectivity index (χ0n) is 15.1. The van der Waals surface area contributed by atoms with E-state index in [0.29, 0.717) is 17.7 Å². The number of carbonyl (C=O) groups is 1. The first-order valence-corrected chi connectivity index (χ1v) is 9.26. The number of halogens is 4. The Balaban J connectivity index is 2.01. The highest BCUT2D eigenvalue weighted by Crippen LogP contribution is 2.44. The third-order valence-corrected chi connectivity index (χ3v) is 5.51. The first kappa shape index (κ1) is 20.1. The third-order valence-electron chi connectivity index (χ3n) is 4.41. The van der Waals surface area contributed by atoms with Gasteiger partial charge >= 0.3 is 6.18 Å². The lowest BCUT2D eigenvalue weighted by molar-refractivity contribution is -0.136. The molecule has 3 rings (SSSR count). The van der Waals surface area contributed by atoms with Crippen LogP contribution in [0.1, 0.15) is 39.0 Å². The van der Waals surface area contributed by atoms with Gasteiger partial charge in [-0.15, -0.1) is 11.3 Å². The highest BCUT2D eigenvalue weighted by molar-refractivity contribution is 7.21. The molecule has 3 N–H and O–H groups in total. The second kappa shape index (κ2) is 7.38. The number of alkyl halides is 3. The summed E-state index contributed by atoms with van der Waals surface area (Å²) in [5, 5.41) is 2.36. The summed E-state index contributed by atoms with van der Waals surface area (Å²) < 4.78 is 54.0. The van der Waals surface area contributed by atoms with E-state index in [4.69, 9.17) is 5.73 Å². The number of carbonyl (C=O) groups excluding carboxylic acids is 1. The number of nitrogen functional groups attached to an aromatic ring is 1. The molecule has 1 aromatic carbocycles. The zero-order chi connectivity index (χ0) is 20.6. The molecule has 0 bridgehead atoms. The van der Waals surface area contributed by atoms with E-state index in [1.54, 1.807) is 6.92 Å². The van der Waals surface area contributed by atoms with Crippen LogP contribution in [0.3, 0.4) is 0 Å². The van der Waals surface area contributed by atoms with Crippen molar-refractivity contribution >= 4 is 33.1 Å². The monoisotopic (exact) mass is 411 g/mol. The van der Waals surface area contributed by atoms with E-state index in [9.17, 15) is 22.4 Å². The predicted octanol–water partition coefficient (Wildman–Crippen LogP) is 4.84. The summed E-state index contributed by atoms with van der Waals surface area (Å²) in [6.45, 7) is 3.17. The van der Waals surface area contributed by atoms with Crippen LogP contribution in [0.2, 0.25) is 0 Å². The Morgan fingerprint density at radius 3 is 2.46 bits per heavy atom. The average Bonchev–Trinajstić information content (AvgIpc) is 2.95. The lowest BCUT2D eigenvalue weighted by Crippen LogP contribution is -2.22. The summed E-state index contributed by atoms with van der Waals surface area (Å²) >= 11 is 0.830. The molecule has 0 saturated heterocycles. The molecule has 0 radical (unpaired) electrons. The Morgan fingerprint density at radius 1 is 1.25 bits per heavy atom. The number of amides is 1. The van der Waals surface area contributed by atoms with E-state index in [-0.39, 0.29) is 32.9 Å². The molecule has 0 spiro atoms. The van der Waals surface area contributed by atoms with Crippen LogP contribution in [0.5, 0.6) is 0 Å². The summed E-state index contributed by atoms with van der Waals surface area (Å²) in [4.78, 5) is 16.8. The third kappa shape index (κ3) is 3.66. The number of nitrogens with two attached hydrogens (primary N) is 1. The van der Waals surface area contributed by atoms with Crippen LogP contribution in [-0.4, -0.2) is 10.9 Å². The number of hydrogen-bond donors (Lipinski definition) is 2. The van der Waals surface area contributed by atoms with Gasteiger partial charge in [-0.1, -0.05) is 19.1 Å². The van der Waals surface area contributed by atoms with Crippen LogP contribution >= 0.6 is 11.3 Å². The van der Waals surface area contributed by atoms with Crippen molar-refractivity contribution in [1.82, 2.24) is 10.3 Å². The largest absolute Gasteiger partial charge is 0.417 e. The molecular weight excluding hydrogens is 394 g/mol. The Kier molecular flexibility index (Phi) is 5.29. The molecule has 0 fully saturated rings. The minimum Gasteiger partial charge on any atom is -0.397 e. The lowest BCUT2D eigenvalue weighted by Gasteiger charge is -2.14. The fourth-order valence-corrected chi connectivity index (χ4v) is 4.06. The number of rotatable bonds is 4. The van der Waals surface area contributed by atoms with Gasteiger partial charge in [-0.3, -0.25) is 4.79 Å². The van der Waals surface area contributed by atoms with Crippen molar-refractivity contribution in [2.45, 2.75) is 33.0 Å². The molecule has 4 nitrogen and oxygen atoms in total. The van der Waals surface area contributed by atoms with Crippen LogP contribution in [0.25, 0.3) is 10.2 Å². The number of thiophene rings is 1. The smallest absolute Gasteiger partial charge is 0.397 e. The number of nitrogens with one attached hydrogen (secondary N) is 1. The van der Waals surface area contributed by atoms with Gasteiger partial charge in [0.25, 0.3) is 5.91 Å². The second-order valence-corrected chi connectivity index (χ2v) is 7.24. The van der Waals surface area contributed by atoms with Gasteiger partial charge in [-0.25, -0.2) is 9.37 Å². The topological polar surface area (TPSA) is 68.0 Å². The number of benzene rings is 1. The van der Waals surface area contributed by atoms with Crippen molar-refractivity contribution in [2.24, 2.45) is 0 Å². The molecular formula is C19H17F4N3OS. The van der Waals surface area contributed by atoms with E-state index in [1.807, 2.05) is 0 Å². The summed E-state index contributed by atoms with van der Waals surface area (Å²) in [5.41, 5.74) is 5.85. The van der Waals surface area contributed by atoms with Gasteiger partial charge in [0.1, 0.15) is 15.5 Å². The van der Waals surface area contributed by atoms with E-state index < -0.39 is 23.5 Å². The number of pyridine rings is 1. The summed E-state index contributed by atoms with van der Waals surface area (Å²) in [6, 6.07) is 5.52. The number of aromatic nitrogens is 1. The molecule has 0 aliphatic heterocycles. The standard InChI is InChI=1S/C19H17F4N3OS/c1-3-12-9(2)14(19(21,22)23)13-15(24)16(28-18(13)26-12)17(27)25-8-10-4-6-11(20)7-5-10/h4-7H,3,8,24H2,1-2H3,(H,25,27). The van der Waals surface area contributed by atoms with Crippen molar-refractivity contribution in [3.63, 3.8) is 0 Å². The summed E-state index contributed by atoms with van der Waals surface area (Å²) in [5.74, 6) is -1.01. The molecule has 3 aromatic rings. The number of aryl methyl sites for hydroxylation is 1. The van der Waals surface area contributed by atoms with E-state index >= 15 is 0 Å². The SMILES string of the molecule is CCc1nc2sc(C(=O)NCc3ccc(F)cc3)c(N)c2c(C(F)(F)F)c1C. The van der Waals surface area contributed by atoms with Crippen molar-refractivity contribution < 1.29 is 22.4 Å². The number of anilines is 1. The molecule has 1 amide bonds. The molecule has 2 aromatic heterocycles. The zero-order valence-corrected chi connectivity index (χ0v) is 15.9. The lowest BCUT2D eigenvalue weighted by atomic mass is 10.0. The molecule has 0 aliphatic rings. The highest BCUT2D eigenvalue weighted by atomic mass is 32.1. The molecule has 0 unspecified atom stereocenters. The maximum atomic E-state index is 13.7. The van der Waals surface area contributed by atoms with Crippen molar-refractivity contribution in [2.75, 3.05) is 5.73 Å². The quantitative estimate of drug-likeness (QED) is 0.604. The summed E-state index contributed by atoms with van der Waals surface area (Å²) in [7, 11) is 0. The Hall–Kier alpha value is -2.68. The van der Waals surface area contributed by atoms with E-state index in [2.05, 4.69) is 10.3 Å². The number of nitrogens with zero attached hydrogens (tertiary/aromatic N) is 1. The van der Waals surface area contributed by atoms with Gasteiger partial charge in [0.05, 0.1) is 11.3 Å². The Labute approximate surface area is 162 Å². The average molecular weight is 411 g/mol. The molecule has 9 heteroatoms. The second-order valence-electron chi connectivity index (χ2n) is 6.24.